The maximum Gasteiger partial charge on any atom is 0.274 e. The second-order valence-corrected chi connectivity index (χ2v) is 6.64. The molecule has 2 N–H and O–H groups in total. The fourth-order valence-electron chi connectivity index (χ4n) is 3.07. The summed E-state index contributed by atoms with van der Waals surface area (Å²) in [6.07, 6.45) is 2.01. The molecule has 1 saturated heterocycles. The van der Waals surface area contributed by atoms with Crippen LogP contribution in [-0.2, 0) is 0 Å². The molecule has 2 heterocycles. The number of carbonyl (C=O) groups is 1. The van der Waals surface area contributed by atoms with Crippen LogP contribution in [0.25, 0.3) is 0 Å². The zero-order valence-electron chi connectivity index (χ0n) is 14.3. The largest absolute Gasteiger partial charge is 0.344 e. The van der Waals surface area contributed by atoms with Crippen molar-refractivity contribution in [2.45, 2.75) is 38.8 Å². The lowest BCUT2D eigenvalue weighted by Crippen LogP contribution is -2.31. The maximum atomic E-state index is 12.6. The Morgan fingerprint density at radius 1 is 1.40 bits per heavy atom. The summed E-state index contributed by atoms with van der Waals surface area (Å²) in [5.41, 5.74) is 2.17. The van der Waals surface area contributed by atoms with Crippen molar-refractivity contribution in [1.82, 2.24) is 25.6 Å². The summed E-state index contributed by atoms with van der Waals surface area (Å²) in [6.45, 7) is 5.77. The average Bonchev–Trinajstić information content (AvgIpc) is 2.97. The highest BCUT2D eigenvalue weighted by molar-refractivity contribution is 6.30. The van der Waals surface area contributed by atoms with Gasteiger partial charge in [0.2, 0.25) is 0 Å². The molecule has 1 aromatic heterocycles. The number of aromatic nitrogens is 3. The first-order chi connectivity index (χ1) is 11.6. The van der Waals surface area contributed by atoms with Crippen molar-refractivity contribution in [3.63, 3.8) is 0 Å². The van der Waals surface area contributed by atoms with Gasteiger partial charge in [-0.1, -0.05) is 28.9 Å². The molecule has 1 aromatic carbocycles. The van der Waals surface area contributed by atoms with Crippen molar-refractivity contribution in [1.29, 1.82) is 0 Å². The van der Waals surface area contributed by atoms with Gasteiger partial charge in [0.05, 0.1) is 17.8 Å². The molecular formula is C17H23Cl2N5O. The van der Waals surface area contributed by atoms with Gasteiger partial charge in [-0.05, 0) is 57.5 Å². The zero-order valence-corrected chi connectivity index (χ0v) is 15.9. The zero-order chi connectivity index (χ0) is 17.1. The highest BCUT2D eigenvalue weighted by atomic mass is 35.5. The van der Waals surface area contributed by atoms with Crippen LogP contribution in [0.15, 0.2) is 24.3 Å². The molecule has 0 saturated carbocycles. The van der Waals surface area contributed by atoms with E-state index in [2.05, 4.69) is 20.9 Å². The van der Waals surface area contributed by atoms with E-state index in [0.29, 0.717) is 16.8 Å². The second kappa shape index (κ2) is 8.65. The third-order valence-corrected chi connectivity index (χ3v) is 4.73. The van der Waals surface area contributed by atoms with Crippen LogP contribution in [-0.4, -0.2) is 34.0 Å². The molecule has 1 atom stereocenters. The van der Waals surface area contributed by atoms with Gasteiger partial charge in [0.1, 0.15) is 0 Å². The summed E-state index contributed by atoms with van der Waals surface area (Å²) in [7, 11) is 0. The first-order valence-electron chi connectivity index (χ1n) is 8.25. The molecule has 1 aliphatic rings. The van der Waals surface area contributed by atoms with Crippen LogP contribution in [0.4, 0.5) is 0 Å². The van der Waals surface area contributed by atoms with Gasteiger partial charge in [-0.3, -0.25) is 4.79 Å². The second-order valence-electron chi connectivity index (χ2n) is 6.20. The molecule has 0 radical (unpaired) electrons. The third kappa shape index (κ3) is 4.51. The summed E-state index contributed by atoms with van der Waals surface area (Å²) in [6, 6.07) is 7.64. The maximum absolute atomic E-state index is 12.6. The lowest BCUT2D eigenvalue weighted by atomic mass is 10.1. The number of carbonyl (C=O) groups excluding carboxylic acids is 1. The van der Waals surface area contributed by atoms with Gasteiger partial charge in [0.15, 0.2) is 5.69 Å². The van der Waals surface area contributed by atoms with Crippen LogP contribution in [0.1, 0.15) is 53.6 Å². The summed E-state index contributed by atoms with van der Waals surface area (Å²) >= 11 is 6.01. The Bertz CT molecular complexity index is 728. The lowest BCUT2D eigenvalue weighted by molar-refractivity contribution is 0.0934. The Balaban J connectivity index is 0.00000225. The highest BCUT2D eigenvalue weighted by Crippen LogP contribution is 2.21. The summed E-state index contributed by atoms with van der Waals surface area (Å²) in [5.74, 6) is -0.208. The van der Waals surface area contributed by atoms with E-state index in [9.17, 15) is 4.79 Å². The smallest absolute Gasteiger partial charge is 0.274 e. The topological polar surface area (TPSA) is 71.8 Å². The van der Waals surface area contributed by atoms with Crippen molar-refractivity contribution in [2.24, 2.45) is 0 Å². The third-order valence-electron chi connectivity index (χ3n) is 4.49. The molecule has 1 amide bonds. The van der Waals surface area contributed by atoms with Crippen LogP contribution in [0.5, 0.6) is 0 Å². The molecule has 8 heteroatoms. The van der Waals surface area contributed by atoms with E-state index in [1.54, 1.807) is 0 Å². The predicted octanol–water partition coefficient (Wildman–Crippen LogP) is 3.08. The number of benzene rings is 1. The number of hydrogen-bond acceptors (Lipinski definition) is 4. The monoisotopic (exact) mass is 383 g/mol. The minimum atomic E-state index is -0.208. The number of halogens is 2. The van der Waals surface area contributed by atoms with E-state index >= 15 is 0 Å². The molecule has 2 aromatic rings. The van der Waals surface area contributed by atoms with E-state index in [4.69, 9.17) is 11.6 Å². The molecule has 3 rings (SSSR count). The molecule has 0 spiro atoms. The quantitative estimate of drug-likeness (QED) is 0.850. The van der Waals surface area contributed by atoms with Crippen molar-refractivity contribution in [2.75, 3.05) is 13.1 Å². The molecule has 1 unspecified atom stereocenters. The lowest BCUT2D eigenvalue weighted by Gasteiger charge is -2.23. The van der Waals surface area contributed by atoms with Crippen molar-refractivity contribution in [3.8, 4) is 0 Å². The van der Waals surface area contributed by atoms with Crippen LogP contribution in [0, 0.1) is 6.92 Å². The number of nitrogens with one attached hydrogen (secondary N) is 2. The SMILES string of the molecule is Cc1c(C(=O)NC(C)c2cccc(Cl)c2)nnn1C1CCNCC1.Cl. The van der Waals surface area contributed by atoms with Crippen LogP contribution >= 0.6 is 24.0 Å². The summed E-state index contributed by atoms with van der Waals surface area (Å²) in [4.78, 5) is 12.6. The standard InChI is InChI=1S/C17H22ClN5O.ClH/c1-11(13-4-3-5-14(18)10-13)20-17(24)16-12(2)23(22-21-16)15-6-8-19-9-7-15;/h3-5,10-11,15,19H,6-9H2,1-2H3,(H,20,24);1H. The van der Waals surface area contributed by atoms with Gasteiger partial charge in [-0.25, -0.2) is 4.68 Å². The Morgan fingerprint density at radius 3 is 2.80 bits per heavy atom. The first-order valence-corrected chi connectivity index (χ1v) is 8.63. The molecule has 6 nitrogen and oxygen atoms in total. The van der Waals surface area contributed by atoms with E-state index in [1.807, 2.05) is 42.8 Å². The number of amides is 1. The Morgan fingerprint density at radius 2 is 2.12 bits per heavy atom. The number of rotatable bonds is 4. The van der Waals surface area contributed by atoms with Crippen molar-refractivity contribution in [3.05, 3.63) is 46.2 Å². The van der Waals surface area contributed by atoms with Gasteiger partial charge in [0, 0.05) is 5.02 Å². The molecule has 136 valence electrons. The number of nitrogens with zero attached hydrogens (tertiary/aromatic N) is 3. The Hall–Kier alpha value is -1.63. The minimum Gasteiger partial charge on any atom is -0.344 e. The molecule has 1 fully saturated rings. The van der Waals surface area contributed by atoms with E-state index in [1.165, 1.54) is 0 Å². The predicted molar refractivity (Wildman–Crippen MR) is 100 cm³/mol. The first kappa shape index (κ1) is 19.7. The van der Waals surface area contributed by atoms with Gasteiger partial charge < -0.3 is 10.6 Å². The van der Waals surface area contributed by atoms with Gasteiger partial charge in [-0.15, -0.1) is 17.5 Å². The number of hydrogen-bond donors (Lipinski definition) is 2. The fourth-order valence-corrected chi connectivity index (χ4v) is 3.27. The van der Waals surface area contributed by atoms with Crippen molar-refractivity contribution >= 4 is 29.9 Å². The Labute approximate surface area is 158 Å². The fraction of sp³-hybridized carbons (Fsp3) is 0.471. The van der Waals surface area contributed by atoms with Crippen molar-refractivity contribution < 1.29 is 4.79 Å². The average molecular weight is 384 g/mol. The molecule has 25 heavy (non-hydrogen) atoms. The Kier molecular flexibility index (Phi) is 6.81. The highest BCUT2D eigenvalue weighted by Gasteiger charge is 2.23. The molecule has 0 aliphatic carbocycles. The van der Waals surface area contributed by atoms with E-state index in [-0.39, 0.29) is 24.4 Å². The van der Waals surface area contributed by atoms with Gasteiger partial charge in [-0.2, -0.15) is 0 Å². The number of piperidine rings is 1. The van der Waals surface area contributed by atoms with Gasteiger partial charge >= 0.3 is 0 Å². The molecule has 1 aliphatic heterocycles. The van der Waals surface area contributed by atoms with Crippen LogP contribution in [0.3, 0.4) is 0 Å². The molecule has 0 bridgehead atoms. The van der Waals surface area contributed by atoms with E-state index < -0.39 is 0 Å². The van der Waals surface area contributed by atoms with Gasteiger partial charge in [0.25, 0.3) is 5.91 Å². The summed E-state index contributed by atoms with van der Waals surface area (Å²) in [5, 5.41) is 15.3. The summed E-state index contributed by atoms with van der Waals surface area (Å²) < 4.78 is 1.89. The van der Waals surface area contributed by atoms with E-state index in [0.717, 1.165) is 37.2 Å². The van der Waals surface area contributed by atoms with Crippen LogP contribution in [0.2, 0.25) is 5.02 Å². The van der Waals surface area contributed by atoms with Crippen LogP contribution < -0.4 is 10.6 Å². The molecular weight excluding hydrogens is 361 g/mol. The minimum absolute atomic E-state index is 0. The normalized spacial score (nSPS) is 16.1.